The number of para-hydroxylation sites is 1. The average molecular weight is 1010 g/mol. The maximum atomic E-state index is 13.1. The number of fused-ring (bicyclic) bond motifs is 2. The lowest BCUT2D eigenvalue weighted by molar-refractivity contribution is -0.180. The summed E-state index contributed by atoms with van der Waals surface area (Å²) in [5.74, 6) is 1.94. The van der Waals surface area contributed by atoms with Gasteiger partial charge >= 0.3 is 5.97 Å². The summed E-state index contributed by atoms with van der Waals surface area (Å²) in [7, 11) is 2.14. The molecule has 72 heavy (non-hydrogen) atoms. The first kappa shape index (κ1) is 50.9. The number of aromatic carboxylic acids is 1. The van der Waals surface area contributed by atoms with E-state index in [0.717, 1.165) is 102 Å². The number of carbonyl (C=O) groups is 1. The molecule has 6 aliphatic rings. The summed E-state index contributed by atoms with van der Waals surface area (Å²) in [4.78, 5) is 26.9. The number of likely N-dealkylation sites (N-methyl/N-ethyl adjacent to an activating group) is 1. The number of anilines is 4. The molecule has 0 amide bonds. The molecule has 4 bridgehead atoms. The summed E-state index contributed by atoms with van der Waals surface area (Å²) in [6.07, 6.45) is 9.10. The van der Waals surface area contributed by atoms with E-state index < -0.39 is 5.97 Å². The minimum absolute atomic E-state index is 0.00148. The normalized spacial score (nSPS) is 25.7. The van der Waals surface area contributed by atoms with Gasteiger partial charge in [-0.25, -0.2) is 14.8 Å². The summed E-state index contributed by atoms with van der Waals surface area (Å²) in [5, 5.41) is 29.1. The number of carboxylic acid groups (broad SMARTS) is 1. The summed E-state index contributed by atoms with van der Waals surface area (Å²) in [6, 6.07) is 11.9. The molecule has 0 spiro atoms. The van der Waals surface area contributed by atoms with Crippen molar-refractivity contribution < 1.29 is 38.3 Å². The molecular weight excluding hydrogens is 935 g/mol. The van der Waals surface area contributed by atoms with E-state index in [9.17, 15) is 9.90 Å². The molecule has 5 heterocycles. The zero-order valence-corrected chi connectivity index (χ0v) is 43.9. The van der Waals surface area contributed by atoms with Crippen molar-refractivity contribution in [3.8, 4) is 11.1 Å². The number of hydrogen-bond acceptors (Lipinski definition) is 16. The van der Waals surface area contributed by atoms with E-state index in [2.05, 4.69) is 60.8 Å². The Balaban J connectivity index is 0.731. The number of hydrogen-bond donors (Lipinski definition) is 2. The summed E-state index contributed by atoms with van der Waals surface area (Å²) in [6.45, 7) is 20.9. The van der Waals surface area contributed by atoms with E-state index in [1.807, 2.05) is 48.4 Å². The zero-order chi connectivity index (χ0) is 50.1. The van der Waals surface area contributed by atoms with Gasteiger partial charge in [0.05, 0.1) is 88.1 Å². The third kappa shape index (κ3) is 10.1. The highest BCUT2D eigenvalue weighted by molar-refractivity contribution is 7.22. The number of benzene rings is 1. The van der Waals surface area contributed by atoms with Crippen LogP contribution in [-0.2, 0) is 41.4 Å². The van der Waals surface area contributed by atoms with Gasteiger partial charge in [-0.2, -0.15) is 5.10 Å². The molecule has 2 N–H and O–H groups in total. The molecule has 5 fully saturated rings. The van der Waals surface area contributed by atoms with Gasteiger partial charge in [0, 0.05) is 60.7 Å². The molecule has 4 aromatic heterocycles. The lowest BCUT2D eigenvalue weighted by Crippen LogP contribution is -2.56. The Kier molecular flexibility index (Phi) is 15.0. The van der Waals surface area contributed by atoms with Crippen molar-refractivity contribution in [3.63, 3.8) is 0 Å². The number of pyridine rings is 1. The Labute approximate surface area is 427 Å². The molecule has 6 atom stereocenters. The Morgan fingerprint density at radius 3 is 2.26 bits per heavy atom. The number of aromatic nitrogens is 6. The fourth-order valence-electron chi connectivity index (χ4n) is 13.9. The first-order valence-corrected chi connectivity index (χ1v) is 26.9. The van der Waals surface area contributed by atoms with Gasteiger partial charge in [0.2, 0.25) is 0 Å². The van der Waals surface area contributed by atoms with Crippen LogP contribution in [0.3, 0.4) is 0 Å². The van der Waals surface area contributed by atoms with Crippen LogP contribution in [0.5, 0.6) is 0 Å². The van der Waals surface area contributed by atoms with Gasteiger partial charge in [0.15, 0.2) is 22.5 Å². The maximum absolute atomic E-state index is 13.1. The first-order chi connectivity index (χ1) is 34.9. The molecule has 0 radical (unpaired) electrons. The highest BCUT2D eigenvalue weighted by atomic mass is 32.1. The topological polar surface area (TPSA) is 181 Å². The second-order valence-electron chi connectivity index (χ2n) is 21.6. The van der Waals surface area contributed by atoms with E-state index >= 15 is 0 Å². The third-order valence-electron chi connectivity index (χ3n) is 16.3. The highest BCUT2D eigenvalue weighted by Crippen LogP contribution is 2.89. The molecule has 388 valence electrons. The predicted octanol–water partition coefficient (Wildman–Crippen LogP) is 8.51. The maximum Gasteiger partial charge on any atom is 0.355 e. The van der Waals surface area contributed by atoms with Gasteiger partial charge in [-0.05, 0) is 118 Å². The molecule has 18 heteroatoms. The minimum atomic E-state index is -1.08. The van der Waals surface area contributed by atoms with E-state index in [-0.39, 0.29) is 27.5 Å². The molecule has 1 aromatic carbocycles. The number of thiazole rings is 1. The molecule has 17 nitrogen and oxygen atoms in total. The molecule has 1 aliphatic heterocycles. The smallest absolute Gasteiger partial charge is 0.355 e. The third-order valence-corrected chi connectivity index (χ3v) is 17.2. The van der Waals surface area contributed by atoms with Crippen molar-refractivity contribution in [1.82, 2.24) is 34.8 Å². The Morgan fingerprint density at radius 2 is 1.54 bits per heavy atom. The molecule has 5 aliphatic carbocycles. The lowest BCUT2D eigenvalue weighted by Gasteiger charge is -2.59. The van der Waals surface area contributed by atoms with Crippen molar-refractivity contribution in [2.45, 2.75) is 91.7 Å². The Hall–Kier alpha value is -4.66. The average Bonchev–Trinajstić information content (AvgIpc) is 3.54. The van der Waals surface area contributed by atoms with E-state index in [1.165, 1.54) is 6.42 Å². The van der Waals surface area contributed by atoms with Crippen molar-refractivity contribution in [2.75, 3.05) is 110 Å². The highest BCUT2D eigenvalue weighted by Gasteiger charge is 2.87. The van der Waals surface area contributed by atoms with Crippen molar-refractivity contribution >= 4 is 50.1 Å². The molecular formula is C54H73N9O8S. The quantitative estimate of drug-likeness (QED) is 0.0455. The predicted molar refractivity (Wildman–Crippen MR) is 277 cm³/mol. The van der Waals surface area contributed by atoms with Crippen molar-refractivity contribution in [1.29, 1.82) is 0 Å². The van der Waals surface area contributed by atoms with E-state index in [1.54, 1.807) is 11.3 Å². The van der Waals surface area contributed by atoms with Gasteiger partial charge < -0.3 is 48.6 Å². The monoisotopic (exact) mass is 1010 g/mol. The van der Waals surface area contributed by atoms with Crippen LogP contribution in [0, 0.1) is 41.9 Å². The van der Waals surface area contributed by atoms with Crippen LogP contribution in [0.25, 0.3) is 21.3 Å². The fraction of sp³-hybridized carbons (Fsp3) is 0.630. The zero-order valence-electron chi connectivity index (χ0n) is 43.0. The number of carboxylic acids is 1. The van der Waals surface area contributed by atoms with Gasteiger partial charge in [-0.1, -0.05) is 44.2 Å². The van der Waals surface area contributed by atoms with Gasteiger partial charge in [0.1, 0.15) is 5.82 Å². The second kappa shape index (κ2) is 21.3. The first-order valence-electron chi connectivity index (χ1n) is 26.1. The summed E-state index contributed by atoms with van der Waals surface area (Å²) < 4.78 is 38.4. The molecule has 5 aromatic rings. The van der Waals surface area contributed by atoms with Crippen LogP contribution in [0.15, 0.2) is 42.6 Å². The van der Waals surface area contributed by atoms with Crippen LogP contribution in [-0.4, -0.2) is 151 Å². The van der Waals surface area contributed by atoms with Crippen molar-refractivity contribution in [2.24, 2.45) is 28.1 Å². The van der Waals surface area contributed by atoms with Crippen molar-refractivity contribution in [3.05, 3.63) is 65.1 Å². The minimum Gasteiger partial charge on any atom is -0.476 e. The molecule has 11 rings (SSSR count). The largest absolute Gasteiger partial charge is 0.476 e. The number of nitrogens with zero attached hydrogens (tertiary/aromatic N) is 8. The van der Waals surface area contributed by atoms with E-state index in [0.29, 0.717) is 107 Å². The Bertz CT molecular complexity index is 2680. The van der Waals surface area contributed by atoms with Crippen LogP contribution < -0.4 is 10.2 Å². The van der Waals surface area contributed by atoms with Gasteiger partial charge in [-0.15, -0.1) is 10.2 Å². The standard InChI is InChI=1S/C54H73N9O8S/c1-7-19-66-22-24-68-26-28-70-29-27-69-25-23-67-20-17-61(6)18-21-71-54-33-51(4)31-52(5)45(46(52)54)53(32-51,34-54)35-63-37(3)40(30-55-63)39-14-15-43(57-44(39)49(64)65)62-16-10-11-38-36(2)47(59-60-48(38)62)58-50-56-41-12-8-9-13-42(41)72-50/h8-9,12-15,30,45-46H,7,10-11,16-29,31-35H2,1-6H3,(H,64,65)(H,56,58,59)/t45?,46?,51-,52+,53+,54?/m1/s1. The Morgan fingerprint density at radius 1 is 0.833 bits per heavy atom. The van der Waals surface area contributed by atoms with Crippen LogP contribution in [0.4, 0.5) is 22.6 Å². The summed E-state index contributed by atoms with van der Waals surface area (Å²) in [5.41, 5.74) is 5.69. The van der Waals surface area contributed by atoms with Gasteiger partial charge in [-0.3, -0.25) is 4.68 Å². The molecule has 3 unspecified atom stereocenters. The van der Waals surface area contributed by atoms with Crippen LogP contribution in [0.1, 0.15) is 86.6 Å². The summed E-state index contributed by atoms with van der Waals surface area (Å²) >= 11 is 1.58. The SMILES string of the molecule is CCCOCCOCCOCCOCCOCCN(C)CCOC12C[C@@]3(C)C[C@@](Cn4ncc(-c5ccc(N6CCCc7c6nnc(Nc6nc8ccccc8s6)c7C)nc5C(=O)O)c4C)(C1)C1C2[C@@]1(C)C3. The number of rotatable bonds is 28. The van der Waals surface area contributed by atoms with Gasteiger partial charge in [0.25, 0.3) is 0 Å². The van der Waals surface area contributed by atoms with E-state index in [4.69, 9.17) is 48.6 Å². The number of nitrogens with one attached hydrogen (secondary N) is 1. The van der Waals surface area contributed by atoms with Crippen LogP contribution in [0.2, 0.25) is 0 Å². The lowest BCUT2D eigenvalue weighted by atomic mass is 9.49. The molecule has 5 saturated carbocycles. The number of ether oxygens (including phenoxy) is 6. The van der Waals surface area contributed by atoms with Crippen LogP contribution >= 0.6 is 11.3 Å². The molecule has 0 saturated heterocycles. The fourth-order valence-corrected chi connectivity index (χ4v) is 14.8. The second-order valence-corrected chi connectivity index (χ2v) is 22.7.